The lowest BCUT2D eigenvalue weighted by Gasteiger charge is -2.00. The van der Waals surface area contributed by atoms with Crippen molar-refractivity contribution < 1.29 is 14.4 Å². The third-order valence-corrected chi connectivity index (χ3v) is 3.62. The minimum absolute atomic E-state index is 0.159. The molecule has 0 aliphatic heterocycles. The van der Waals surface area contributed by atoms with Crippen LogP contribution in [0, 0.1) is 0 Å². The van der Waals surface area contributed by atoms with Crippen LogP contribution in [0.5, 0.6) is 0 Å². The summed E-state index contributed by atoms with van der Waals surface area (Å²) in [5.74, 6) is -0.818. The normalized spacial score (nSPS) is 9.88. The summed E-state index contributed by atoms with van der Waals surface area (Å²) in [7, 11) is 0. The van der Waals surface area contributed by atoms with Crippen LogP contribution >= 0.6 is 0 Å². The zero-order valence-electron chi connectivity index (χ0n) is 15.4. The highest BCUT2D eigenvalue weighted by molar-refractivity contribution is 5.74. The number of unbranched alkanes of at least 4 members (excludes halogenated alkanes) is 9. The quantitative estimate of drug-likeness (QED) is 0.395. The molecule has 24 heavy (non-hydrogen) atoms. The Morgan fingerprint density at radius 3 is 1.04 bits per heavy atom. The van der Waals surface area contributed by atoms with Gasteiger partial charge in [0.05, 0.1) is 0 Å². The van der Waals surface area contributed by atoms with Crippen LogP contribution in [0.4, 0.5) is 0 Å². The van der Waals surface area contributed by atoms with Crippen molar-refractivity contribution in [3.63, 3.8) is 0 Å². The Balaban J connectivity index is 0. The number of hydrogen-bond acceptors (Lipinski definition) is 3. The van der Waals surface area contributed by atoms with Crippen molar-refractivity contribution >= 4 is 17.7 Å². The van der Waals surface area contributed by atoms with Crippen LogP contribution < -0.4 is 17.2 Å². The Kier molecular flexibility index (Phi) is 20.0. The minimum atomic E-state index is -0.329. The zero-order chi connectivity index (χ0) is 18.6. The summed E-state index contributed by atoms with van der Waals surface area (Å²) in [6, 6.07) is 0. The summed E-state index contributed by atoms with van der Waals surface area (Å²) in [5, 5.41) is 0. The highest BCUT2D eigenvalue weighted by Gasteiger charge is 1.96. The molecule has 0 saturated carbocycles. The smallest absolute Gasteiger partial charge is 0.217 e. The van der Waals surface area contributed by atoms with Crippen molar-refractivity contribution in [1.29, 1.82) is 0 Å². The lowest BCUT2D eigenvalue weighted by Crippen LogP contribution is -2.12. The van der Waals surface area contributed by atoms with Gasteiger partial charge in [-0.1, -0.05) is 58.3 Å². The molecule has 0 aromatic heterocycles. The fraction of sp³-hybridized carbons (Fsp3) is 0.833. The highest BCUT2D eigenvalue weighted by atomic mass is 16.1. The monoisotopic (exact) mass is 343 g/mol. The number of amides is 3. The van der Waals surface area contributed by atoms with E-state index in [9.17, 15) is 14.4 Å². The Labute approximate surface area is 146 Å². The molecule has 3 amide bonds. The lowest BCUT2D eigenvalue weighted by atomic mass is 10.1. The Morgan fingerprint density at radius 2 is 0.750 bits per heavy atom. The van der Waals surface area contributed by atoms with E-state index in [1.165, 1.54) is 44.9 Å². The molecule has 6 N–H and O–H groups in total. The van der Waals surface area contributed by atoms with E-state index in [2.05, 4.69) is 6.92 Å². The lowest BCUT2D eigenvalue weighted by molar-refractivity contribution is -0.119. The van der Waals surface area contributed by atoms with E-state index in [1.807, 2.05) is 0 Å². The van der Waals surface area contributed by atoms with Gasteiger partial charge in [-0.05, 0) is 19.3 Å². The molecular weight excluding hydrogens is 306 g/mol. The van der Waals surface area contributed by atoms with Crippen molar-refractivity contribution in [2.24, 2.45) is 17.2 Å². The zero-order valence-corrected chi connectivity index (χ0v) is 15.4. The summed E-state index contributed by atoms with van der Waals surface area (Å²) < 4.78 is 0. The number of carbonyl (C=O) groups excluding carboxylic acids is 3. The fourth-order valence-corrected chi connectivity index (χ4v) is 2.21. The predicted octanol–water partition coefficient (Wildman–Crippen LogP) is 2.91. The van der Waals surface area contributed by atoms with Gasteiger partial charge in [0.15, 0.2) is 0 Å². The van der Waals surface area contributed by atoms with Gasteiger partial charge < -0.3 is 17.2 Å². The van der Waals surface area contributed by atoms with Crippen molar-refractivity contribution in [2.45, 2.75) is 96.8 Å². The van der Waals surface area contributed by atoms with Crippen LogP contribution in [-0.2, 0) is 14.4 Å². The molecule has 0 spiro atoms. The van der Waals surface area contributed by atoms with Crippen LogP contribution in [0.15, 0.2) is 0 Å². The van der Waals surface area contributed by atoms with Gasteiger partial charge in [-0.15, -0.1) is 0 Å². The first-order valence-corrected chi connectivity index (χ1v) is 9.25. The SMILES string of the molecule is CCCCCCCCCCCC(N)=O.NC(=O)CCCCC(N)=O. The minimum Gasteiger partial charge on any atom is -0.370 e. The van der Waals surface area contributed by atoms with Crippen LogP contribution in [0.25, 0.3) is 0 Å². The van der Waals surface area contributed by atoms with Crippen molar-refractivity contribution in [1.82, 2.24) is 0 Å². The largest absolute Gasteiger partial charge is 0.370 e. The van der Waals surface area contributed by atoms with E-state index >= 15 is 0 Å². The second-order valence-corrected chi connectivity index (χ2v) is 6.18. The van der Waals surface area contributed by atoms with Gasteiger partial charge in [0, 0.05) is 19.3 Å². The Morgan fingerprint density at radius 1 is 0.500 bits per heavy atom. The van der Waals surface area contributed by atoms with E-state index in [0.29, 0.717) is 32.1 Å². The van der Waals surface area contributed by atoms with Gasteiger partial charge >= 0.3 is 0 Å². The Bertz CT molecular complexity index is 317. The molecule has 0 saturated heterocycles. The average molecular weight is 344 g/mol. The van der Waals surface area contributed by atoms with Gasteiger partial charge in [0.2, 0.25) is 17.7 Å². The second-order valence-electron chi connectivity index (χ2n) is 6.18. The molecule has 0 atom stereocenters. The molecule has 142 valence electrons. The number of primary amides is 3. The molecule has 0 unspecified atom stereocenters. The van der Waals surface area contributed by atoms with E-state index < -0.39 is 0 Å². The van der Waals surface area contributed by atoms with Gasteiger partial charge in [0.1, 0.15) is 0 Å². The third-order valence-electron chi connectivity index (χ3n) is 3.62. The van der Waals surface area contributed by atoms with Gasteiger partial charge in [-0.25, -0.2) is 0 Å². The van der Waals surface area contributed by atoms with E-state index in [1.54, 1.807) is 0 Å². The molecule has 0 bridgehead atoms. The van der Waals surface area contributed by atoms with Crippen LogP contribution in [0.1, 0.15) is 96.8 Å². The number of carbonyl (C=O) groups is 3. The maximum Gasteiger partial charge on any atom is 0.217 e. The summed E-state index contributed by atoms with van der Waals surface area (Å²) >= 11 is 0. The molecule has 0 rings (SSSR count). The second kappa shape index (κ2) is 19.5. The topological polar surface area (TPSA) is 129 Å². The maximum atomic E-state index is 10.4. The summed E-state index contributed by atoms with van der Waals surface area (Å²) in [6.45, 7) is 2.24. The van der Waals surface area contributed by atoms with Crippen LogP contribution in [0.3, 0.4) is 0 Å². The van der Waals surface area contributed by atoms with E-state index in [0.717, 1.165) is 12.8 Å². The molecule has 0 aromatic rings. The molecule has 0 aliphatic carbocycles. The molecule has 0 fully saturated rings. The standard InChI is InChI=1S/C12H25NO.C6H12N2O2/c1-2-3-4-5-6-7-8-9-10-11-12(13)14;7-5(9)3-1-2-4-6(8)10/h2-11H2,1H3,(H2,13,14);1-4H2,(H2,7,9)(H2,8,10). The predicted molar refractivity (Wildman–Crippen MR) is 97.9 cm³/mol. The van der Waals surface area contributed by atoms with Gasteiger partial charge in [-0.2, -0.15) is 0 Å². The van der Waals surface area contributed by atoms with Gasteiger partial charge in [-0.3, -0.25) is 14.4 Å². The van der Waals surface area contributed by atoms with E-state index in [-0.39, 0.29) is 17.7 Å². The van der Waals surface area contributed by atoms with Crippen molar-refractivity contribution in [2.75, 3.05) is 0 Å². The first kappa shape index (κ1) is 24.7. The third kappa shape index (κ3) is 28.6. The number of hydrogen-bond donors (Lipinski definition) is 3. The van der Waals surface area contributed by atoms with Gasteiger partial charge in [0.25, 0.3) is 0 Å². The molecular formula is C18H37N3O3. The summed E-state index contributed by atoms with van der Waals surface area (Å²) in [5.41, 5.74) is 14.8. The Hall–Kier alpha value is -1.59. The van der Waals surface area contributed by atoms with Crippen LogP contribution in [0.2, 0.25) is 0 Å². The number of rotatable bonds is 15. The first-order chi connectivity index (χ1) is 11.4. The first-order valence-electron chi connectivity index (χ1n) is 9.25. The average Bonchev–Trinajstić information content (AvgIpc) is 2.50. The molecule has 0 radical (unpaired) electrons. The summed E-state index contributed by atoms with van der Waals surface area (Å²) in [6.07, 6.45) is 14.1. The molecule has 6 nitrogen and oxygen atoms in total. The molecule has 0 heterocycles. The molecule has 6 heteroatoms. The molecule has 0 aromatic carbocycles. The molecule has 0 aliphatic rings. The maximum absolute atomic E-state index is 10.4. The number of nitrogens with two attached hydrogens (primary N) is 3. The van der Waals surface area contributed by atoms with Crippen LogP contribution in [-0.4, -0.2) is 17.7 Å². The van der Waals surface area contributed by atoms with E-state index in [4.69, 9.17) is 17.2 Å². The highest BCUT2D eigenvalue weighted by Crippen LogP contribution is 2.10. The fourth-order valence-electron chi connectivity index (χ4n) is 2.21. The van der Waals surface area contributed by atoms with Crippen molar-refractivity contribution in [3.8, 4) is 0 Å². The van der Waals surface area contributed by atoms with Crippen molar-refractivity contribution in [3.05, 3.63) is 0 Å². The summed E-state index contributed by atoms with van der Waals surface area (Å²) in [4.78, 5) is 30.7.